The number of rotatable bonds is 4. The van der Waals surface area contributed by atoms with Crippen LogP contribution in [0.1, 0.15) is 27.7 Å². The molecule has 0 heterocycles. The fourth-order valence-corrected chi connectivity index (χ4v) is 0.231. The summed E-state index contributed by atoms with van der Waals surface area (Å²) >= 11 is 0. The van der Waals surface area contributed by atoms with Gasteiger partial charge in [0.05, 0.1) is 26.4 Å². The van der Waals surface area contributed by atoms with Crippen molar-refractivity contribution in [3.63, 3.8) is 0 Å². The SMILES string of the molecule is CC(=O)O.CC(=O)O.CC(=O)O.CC(=O)O.OCCOCCO. The largest absolute Gasteiger partial charge is 0.481 e. The predicted molar refractivity (Wildman–Crippen MR) is 78.2 cm³/mol. The third-order valence-corrected chi connectivity index (χ3v) is 0.471. The van der Waals surface area contributed by atoms with Gasteiger partial charge in [-0.3, -0.25) is 19.2 Å². The first-order valence-corrected chi connectivity index (χ1v) is 5.92. The standard InChI is InChI=1S/C4H10O3.4C2H4O2/c5-1-3-7-4-2-6;4*1-2(3)4/h5-6H,1-4H2;4*1H3,(H,3,4). The van der Waals surface area contributed by atoms with Crippen LogP contribution in [0.15, 0.2) is 0 Å². The van der Waals surface area contributed by atoms with Crippen molar-refractivity contribution in [1.82, 2.24) is 0 Å². The van der Waals surface area contributed by atoms with Gasteiger partial charge in [0.2, 0.25) is 0 Å². The van der Waals surface area contributed by atoms with E-state index in [1.54, 1.807) is 0 Å². The highest BCUT2D eigenvalue weighted by molar-refractivity contribution is 5.63. The summed E-state index contributed by atoms with van der Waals surface area (Å²) in [4.78, 5) is 36.0. The van der Waals surface area contributed by atoms with Gasteiger partial charge in [-0.15, -0.1) is 0 Å². The zero-order valence-corrected chi connectivity index (χ0v) is 13.6. The molecule has 0 unspecified atom stereocenters. The van der Waals surface area contributed by atoms with Gasteiger partial charge < -0.3 is 35.4 Å². The Hall–Kier alpha value is -2.24. The van der Waals surface area contributed by atoms with Crippen LogP contribution in [-0.4, -0.2) is 80.9 Å². The number of hydrogen-bond donors (Lipinski definition) is 6. The molecule has 0 aliphatic rings. The molecule has 0 rings (SSSR count). The second-order valence-electron chi connectivity index (χ2n) is 3.14. The fraction of sp³-hybridized carbons (Fsp3) is 0.667. The first kappa shape index (κ1) is 32.6. The average molecular weight is 346 g/mol. The van der Waals surface area contributed by atoms with Gasteiger partial charge in [0, 0.05) is 27.7 Å². The highest BCUT2D eigenvalue weighted by Crippen LogP contribution is 1.68. The van der Waals surface area contributed by atoms with Crippen LogP contribution < -0.4 is 0 Å². The van der Waals surface area contributed by atoms with Crippen LogP contribution in [0.5, 0.6) is 0 Å². The van der Waals surface area contributed by atoms with E-state index in [0.717, 1.165) is 27.7 Å². The highest BCUT2D eigenvalue weighted by Gasteiger charge is 1.79. The number of aliphatic hydroxyl groups excluding tert-OH is 2. The first-order valence-electron chi connectivity index (χ1n) is 5.92. The number of carbonyl (C=O) groups is 4. The zero-order chi connectivity index (χ0) is 19.8. The molecule has 11 heteroatoms. The Kier molecular flexibility index (Phi) is 45.3. The summed E-state index contributed by atoms with van der Waals surface area (Å²) in [7, 11) is 0. The van der Waals surface area contributed by atoms with Crippen LogP contribution in [0.3, 0.4) is 0 Å². The summed E-state index contributed by atoms with van der Waals surface area (Å²) < 4.78 is 4.63. The molecule has 0 spiro atoms. The lowest BCUT2D eigenvalue weighted by Gasteiger charge is -1.94. The Labute approximate surface area is 133 Å². The van der Waals surface area contributed by atoms with Crippen LogP contribution in [0.2, 0.25) is 0 Å². The minimum Gasteiger partial charge on any atom is -0.481 e. The predicted octanol–water partition coefficient (Wildman–Crippen LogP) is -0.649. The summed E-state index contributed by atoms with van der Waals surface area (Å²) in [6.07, 6.45) is 0. The number of carboxylic acids is 4. The average Bonchev–Trinajstić information content (AvgIpc) is 2.26. The highest BCUT2D eigenvalue weighted by atomic mass is 16.5. The quantitative estimate of drug-likeness (QED) is 0.353. The minimum atomic E-state index is -0.833. The first-order chi connectivity index (χ1) is 10.3. The number of carboxylic acid groups (broad SMARTS) is 4. The Morgan fingerprint density at radius 3 is 0.826 bits per heavy atom. The Morgan fingerprint density at radius 1 is 0.609 bits per heavy atom. The van der Waals surface area contributed by atoms with Crippen LogP contribution in [-0.2, 0) is 23.9 Å². The Bertz CT molecular complexity index is 221. The maximum absolute atomic E-state index is 9.00. The summed E-state index contributed by atoms with van der Waals surface area (Å²) in [6, 6.07) is 0. The molecule has 0 saturated heterocycles. The molecule has 0 saturated carbocycles. The summed E-state index contributed by atoms with van der Waals surface area (Å²) in [5.74, 6) is -3.33. The van der Waals surface area contributed by atoms with E-state index < -0.39 is 23.9 Å². The minimum absolute atomic E-state index is 0.0278. The van der Waals surface area contributed by atoms with Crippen LogP contribution in [0.25, 0.3) is 0 Å². The molecule has 0 radical (unpaired) electrons. The van der Waals surface area contributed by atoms with Crippen molar-refractivity contribution in [3.8, 4) is 0 Å². The lowest BCUT2D eigenvalue weighted by Crippen LogP contribution is -2.03. The van der Waals surface area contributed by atoms with Crippen molar-refractivity contribution in [1.29, 1.82) is 0 Å². The lowest BCUT2D eigenvalue weighted by atomic mass is 10.7. The van der Waals surface area contributed by atoms with E-state index in [0.29, 0.717) is 13.2 Å². The molecular weight excluding hydrogens is 320 g/mol. The van der Waals surface area contributed by atoms with Gasteiger partial charge in [0.15, 0.2) is 0 Å². The second kappa shape index (κ2) is 31.9. The van der Waals surface area contributed by atoms with Crippen molar-refractivity contribution in [3.05, 3.63) is 0 Å². The molecule has 0 amide bonds. The Balaban J connectivity index is -0.0000000604. The van der Waals surface area contributed by atoms with Crippen molar-refractivity contribution < 1.29 is 54.6 Å². The van der Waals surface area contributed by atoms with Crippen molar-refractivity contribution in [2.45, 2.75) is 27.7 Å². The van der Waals surface area contributed by atoms with E-state index in [-0.39, 0.29) is 13.2 Å². The molecule has 0 aromatic heterocycles. The van der Waals surface area contributed by atoms with Gasteiger partial charge in [0.1, 0.15) is 0 Å². The van der Waals surface area contributed by atoms with E-state index in [2.05, 4.69) is 4.74 Å². The van der Waals surface area contributed by atoms with Gasteiger partial charge >= 0.3 is 0 Å². The van der Waals surface area contributed by atoms with Crippen molar-refractivity contribution in [2.24, 2.45) is 0 Å². The van der Waals surface area contributed by atoms with Gasteiger partial charge in [0.25, 0.3) is 23.9 Å². The molecule has 0 aromatic rings. The normalized spacial score (nSPS) is 7.22. The molecule has 0 bridgehead atoms. The summed E-state index contributed by atoms with van der Waals surface area (Å²) in [5.41, 5.74) is 0. The molecule has 23 heavy (non-hydrogen) atoms. The Morgan fingerprint density at radius 2 is 0.739 bits per heavy atom. The van der Waals surface area contributed by atoms with E-state index in [1.807, 2.05) is 0 Å². The van der Waals surface area contributed by atoms with Crippen molar-refractivity contribution in [2.75, 3.05) is 26.4 Å². The monoisotopic (exact) mass is 346 g/mol. The third kappa shape index (κ3) is 2010. The summed E-state index contributed by atoms with van der Waals surface area (Å²) in [5, 5.41) is 45.8. The van der Waals surface area contributed by atoms with E-state index in [1.165, 1.54) is 0 Å². The van der Waals surface area contributed by atoms with Crippen LogP contribution in [0, 0.1) is 0 Å². The molecule has 0 fully saturated rings. The maximum Gasteiger partial charge on any atom is 0.300 e. The van der Waals surface area contributed by atoms with Gasteiger partial charge in [-0.2, -0.15) is 0 Å². The topological polar surface area (TPSA) is 199 Å². The molecule has 0 aliphatic heterocycles. The fourth-order valence-electron chi connectivity index (χ4n) is 0.231. The number of aliphatic hydroxyl groups is 2. The molecule has 0 atom stereocenters. The number of hydrogen-bond acceptors (Lipinski definition) is 7. The second-order valence-corrected chi connectivity index (χ2v) is 3.14. The maximum atomic E-state index is 9.00. The molecule has 140 valence electrons. The number of aliphatic carboxylic acids is 4. The lowest BCUT2D eigenvalue weighted by molar-refractivity contribution is -0.135. The number of ether oxygens (including phenoxy) is 1. The molecule has 0 aromatic carbocycles. The van der Waals surface area contributed by atoms with Crippen molar-refractivity contribution >= 4 is 23.9 Å². The molecular formula is C12H26O11. The molecule has 11 nitrogen and oxygen atoms in total. The van der Waals surface area contributed by atoms with Gasteiger partial charge in [-0.1, -0.05) is 0 Å². The van der Waals surface area contributed by atoms with E-state index in [9.17, 15) is 0 Å². The third-order valence-electron chi connectivity index (χ3n) is 0.471. The van der Waals surface area contributed by atoms with Gasteiger partial charge in [-0.05, 0) is 0 Å². The van der Waals surface area contributed by atoms with Crippen LogP contribution >= 0.6 is 0 Å². The summed E-state index contributed by atoms with van der Waals surface area (Å²) in [6.45, 7) is 5.03. The van der Waals surface area contributed by atoms with Crippen LogP contribution in [0.4, 0.5) is 0 Å². The van der Waals surface area contributed by atoms with E-state index in [4.69, 9.17) is 49.8 Å². The van der Waals surface area contributed by atoms with E-state index >= 15 is 0 Å². The molecule has 0 aliphatic carbocycles. The van der Waals surface area contributed by atoms with Gasteiger partial charge in [-0.25, -0.2) is 0 Å². The zero-order valence-electron chi connectivity index (χ0n) is 13.6. The molecule has 6 N–H and O–H groups in total. The smallest absolute Gasteiger partial charge is 0.300 e.